The molecule has 2 aliphatic rings. The van der Waals surface area contributed by atoms with Gasteiger partial charge in [-0.05, 0) is 0 Å². The number of aliphatic hydroxyl groups is 2. The van der Waals surface area contributed by atoms with Crippen molar-refractivity contribution in [2.24, 2.45) is 0 Å². The van der Waals surface area contributed by atoms with Gasteiger partial charge in [-0.3, -0.25) is 0 Å². The molecule has 0 bridgehead atoms. The predicted molar refractivity (Wildman–Crippen MR) is 48.3 cm³/mol. The number of rotatable bonds is 2. The summed E-state index contributed by atoms with van der Waals surface area (Å²) in [6.45, 7) is 1.00. The average Bonchev–Trinajstić information content (AvgIpc) is 2.29. The molecule has 2 saturated heterocycles. The Hall–Kier alpha value is -0.240. The first kappa shape index (κ1) is 11.3. The summed E-state index contributed by atoms with van der Waals surface area (Å²) in [6, 6.07) is 0. The summed E-state index contributed by atoms with van der Waals surface area (Å²) in [7, 11) is 0. The quantitative estimate of drug-likeness (QED) is 0.589. The molecule has 0 aromatic heterocycles. The summed E-state index contributed by atoms with van der Waals surface area (Å²) < 4.78 is 21.7. The van der Waals surface area contributed by atoms with E-state index in [1.807, 2.05) is 0 Å². The van der Waals surface area contributed by atoms with Crippen LogP contribution in [0.4, 0.5) is 0 Å². The van der Waals surface area contributed by atoms with Crippen LogP contribution in [0.5, 0.6) is 0 Å². The number of hydrogen-bond acceptors (Lipinski definition) is 6. The van der Waals surface area contributed by atoms with Crippen LogP contribution < -0.4 is 0 Å². The van der Waals surface area contributed by atoms with Crippen molar-refractivity contribution in [3.63, 3.8) is 0 Å². The van der Waals surface area contributed by atoms with E-state index in [0.717, 1.165) is 0 Å². The van der Waals surface area contributed by atoms with E-state index in [0.29, 0.717) is 13.2 Å². The standard InChI is InChI=1S/C9H16O6/c10-1-7-3-12-5-9(14-7)6-13-4-8(2-11)15-9/h7-8,10-11H,1-6H2/t7-,8-,9?/m1/s1. The monoisotopic (exact) mass is 220 g/mol. The van der Waals surface area contributed by atoms with Crippen molar-refractivity contribution in [3.8, 4) is 0 Å². The van der Waals surface area contributed by atoms with Gasteiger partial charge in [-0.15, -0.1) is 0 Å². The molecular formula is C9H16O6. The lowest BCUT2D eigenvalue weighted by Crippen LogP contribution is -2.58. The molecule has 0 aliphatic carbocycles. The van der Waals surface area contributed by atoms with Crippen LogP contribution in [-0.4, -0.2) is 67.8 Å². The van der Waals surface area contributed by atoms with Crippen LogP contribution in [0.1, 0.15) is 0 Å². The fourth-order valence-electron chi connectivity index (χ4n) is 1.75. The van der Waals surface area contributed by atoms with Crippen molar-refractivity contribution in [2.75, 3.05) is 39.6 Å². The Morgan fingerprint density at radius 1 is 0.933 bits per heavy atom. The molecule has 0 unspecified atom stereocenters. The lowest BCUT2D eigenvalue weighted by molar-refractivity contribution is -0.374. The summed E-state index contributed by atoms with van der Waals surface area (Å²) >= 11 is 0. The number of ether oxygens (including phenoxy) is 4. The van der Waals surface area contributed by atoms with Crippen molar-refractivity contribution in [1.29, 1.82) is 0 Å². The third-order valence-electron chi connectivity index (χ3n) is 2.42. The van der Waals surface area contributed by atoms with Crippen LogP contribution in [-0.2, 0) is 18.9 Å². The number of hydrogen-bond donors (Lipinski definition) is 2. The molecule has 2 fully saturated rings. The fraction of sp³-hybridized carbons (Fsp3) is 1.00. The van der Waals surface area contributed by atoms with Gasteiger partial charge in [-0.1, -0.05) is 0 Å². The summed E-state index contributed by atoms with van der Waals surface area (Å²) in [6.07, 6.45) is -0.778. The van der Waals surface area contributed by atoms with Gasteiger partial charge in [0.15, 0.2) is 0 Å². The Labute approximate surface area is 87.7 Å². The predicted octanol–water partition coefficient (Wildman–Crippen LogP) is -1.50. The highest BCUT2D eigenvalue weighted by molar-refractivity contribution is 4.81. The lowest BCUT2D eigenvalue weighted by Gasteiger charge is -2.44. The Balaban J connectivity index is 1.98. The van der Waals surface area contributed by atoms with Crippen molar-refractivity contribution in [1.82, 2.24) is 0 Å². The zero-order valence-electron chi connectivity index (χ0n) is 8.42. The Morgan fingerprint density at radius 2 is 1.40 bits per heavy atom. The van der Waals surface area contributed by atoms with Crippen molar-refractivity contribution >= 4 is 0 Å². The van der Waals surface area contributed by atoms with Gasteiger partial charge in [0.05, 0.1) is 26.4 Å². The van der Waals surface area contributed by atoms with E-state index in [2.05, 4.69) is 0 Å². The molecule has 2 N–H and O–H groups in total. The van der Waals surface area contributed by atoms with Crippen molar-refractivity contribution in [2.45, 2.75) is 18.0 Å². The van der Waals surface area contributed by atoms with Gasteiger partial charge in [-0.2, -0.15) is 0 Å². The van der Waals surface area contributed by atoms with Gasteiger partial charge in [-0.25, -0.2) is 0 Å². The minimum absolute atomic E-state index is 0.116. The van der Waals surface area contributed by atoms with Gasteiger partial charge >= 0.3 is 0 Å². The normalized spacial score (nSPS) is 35.6. The zero-order chi connectivity index (χ0) is 10.7. The summed E-state index contributed by atoms with van der Waals surface area (Å²) in [4.78, 5) is 0. The maximum Gasteiger partial charge on any atom is 0.216 e. The highest BCUT2D eigenvalue weighted by atomic mass is 16.8. The van der Waals surface area contributed by atoms with E-state index in [9.17, 15) is 0 Å². The van der Waals surface area contributed by atoms with Crippen molar-refractivity contribution < 1.29 is 29.2 Å². The summed E-state index contributed by atoms with van der Waals surface area (Å²) in [5.74, 6) is -0.961. The van der Waals surface area contributed by atoms with Crippen LogP contribution >= 0.6 is 0 Å². The van der Waals surface area contributed by atoms with Gasteiger partial charge in [0, 0.05) is 0 Å². The zero-order valence-corrected chi connectivity index (χ0v) is 8.42. The Kier molecular flexibility index (Phi) is 3.55. The molecule has 6 nitrogen and oxygen atoms in total. The molecule has 2 atom stereocenters. The number of aliphatic hydroxyl groups excluding tert-OH is 2. The molecule has 0 aromatic rings. The molecule has 0 amide bonds. The fourth-order valence-corrected chi connectivity index (χ4v) is 1.75. The smallest absolute Gasteiger partial charge is 0.216 e. The van der Waals surface area contributed by atoms with Crippen LogP contribution in [0.3, 0.4) is 0 Å². The molecule has 15 heavy (non-hydrogen) atoms. The van der Waals surface area contributed by atoms with E-state index in [1.54, 1.807) is 0 Å². The van der Waals surface area contributed by atoms with Gasteiger partial charge in [0.25, 0.3) is 0 Å². The molecule has 2 heterocycles. The third-order valence-corrected chi connectivity index (χ3v) is 2.42. The molecule has 0 aromatic carbocycles. The second-order valence-electron chi connectivity index (χ2n) is 3.79. The molecule has 2 rings (SSSR count). The van der Waals surface area contributed by atoms with E-state index in [4.69, 9.17) is 29.2 Å². The van der Waals surface area contributed by atoms with E-state index in [-0.39, 0.29) is 38.6 Å². The average molecular weight is 220 g/mol. The minimum atomic E-state index is -0.961. The van der Waals surface area contributed by atoms with Gasteiger partial charge in [0.1, 0.15) is 25.4 Å². The van der Waals surface area contributed by atoms with Crippen LogP contribution in [0.25, 0.3) is 0 Å². The minimum Gasteiger partial charge on any atom is -0.394 e. The van der Waals surface area contributed by atoms with Crippen molar-refractivity contribution in [3.05, 3.63) is 0 Å². The SMILES string of the molecule is OC[C@@H]1COCC2(COC[C@@H](CO)O2)O1. The molecule has 0 radical (unpaired) electrons. The van der Waals surface area contributed by atoms with Crippen LogP contribution in [0.15, 0.2) is 0 Å². The van der Waals surface area contributed by atoms with Gasteiger partial charge in [0.2, 0.25) is 5.79 Å². The Morgan fingerprint density at radius 3 is 1.80 bits per heavy atom. The van der Waals surface area contributed by atoms with E-state index in [1.165, 1.54) is 0 Å². The first-order chi connectivity index (χ1) is 7.28. The topological polar surface area (TPSA) is 77.4 Å². The largest absolute Gasteiger partial charge is 0.394 e. The summed E-state index contributed by atoms with van der Waals surface area (Å²) in [5.41, 5.74) is 0. The van der Waals surface area contributed by atoms with E-state index < -0.39 is 5.79 Å². The lowest BCUT2D eigenvalue weighted by atomic mass is 10.2. The molecule has 2 aliphatic heterocycles. The van der Waals surface area contributed by atoms with Crippen LogP contribution in [0, 0.1) is 0 Å². The highest BCUT2D eigenvalue weighted by Gasteiger charge is 2.44. The molecule has 6 heteroatoms. The first-order valence-electron chi connectivity index (χ1n) is 5.01. The Bertz CT molecular complexity index is 187. The first-order valence-corrected chi connectivity index (χ1v) is 5.01. The second-order valence-corrected chi connectivity index (χ2v) is 3.79. The van der Waals surface area contributed by atoms with Gasteiger partial charge < -0.3 is 29.2 Å². The third kappa shape index (κ3) is 2.47. The van der Waals surface area contributed by atoms with E-state index >= 15 is 0 Å². The molecular weight excluding hydrogens is 204 g/mol. The van der Waals surface area contributed by atoms with Crippen LogP contribution in [0.2, 0.25) is 0 Å². The maximum absolute atomic E-state index is 8.98. The molecule has 0 saturated carbocycles. The molecule has 1 spiro atoms. The molecule has 88 valence electrons. The summed E-state index contributed by atoms with van der Waals surface area (Å²) in [5, 5.41) is 18.0. The maximum atomic E-state index is 8.98. The second kappa shape index (κ2) is 4.73. The highest BCUT2D eigenvalue weighted by Crippen LogP contribution is 2.26.